The summed E-state index contributed by atoms with van der Waals surface area (Å²) in [6, 6.07) is 1.81. The predicted molar refractivity (Wildman–Crippen MR) is 80.2 cm³/mol. The van der Waals surface area contributed by atoms with Gasteiger partial charge in [-0.15, -0.1) is 0 Å². The summed E-state index contributed by atoms with van der Waals surface area (Å²) < 4.78 is 2.69. The average molecular weight is 331 g/mol. The molecule has 0 spiro atoms. The molecule has 5 heteroatoms. The first-order valence-electron chi connectivity index (χ1n) is 6.69. The van der Waals surface area contributed by atoms with Crippen molar-refractivity contribution in [3.63, 3.8) is 0 Å². The van der Waals surface area contributed by atoms with Crippen LogP contribution in [-0.2, 0) is 7.05 Å². The van der Waals surface area contributed by atoms with Crippen molar-refractivity contribution in [2.24, 2.45) is 12.5 Å². The fourth-order valence-electron chi connectivity index (χ4n) is 2.29. The Morgan fingerprint density at radius 2 is 2.11 bits per heavy atom. The number of hydrogen-bond acceptors (Lipinski definition) is 2. The normalized spacial score (nSPS) is 11.6. The van der Waals surface area contributed by atoms with Gasteiger partial charge in [0, 0.05) is 30.9 Å². The summed E-state index contributed by atoms with van der Waals surface area (Å²) in [4.78, 5) is 12.1. The second-order valence-corrected chi connectivity index (χ2v) is 5.93. The van der Waals surface area contributed by atoms with Crippen molar-refractivity contribution >= 4 is 21.8 Å². The molecule has 108 valence electrons. The van der Waals surface area contributed by atoms with Crippen molar-refractivity contribution in [3.8, 4) is 0 Å². The molecule has 1 amide bonds. The van der Waals surface area contributed by atoms with Gasteiger partial charge in [0.05, 0.1) is 0 Å². The molecule has 0 aliphatic heterocycles. The van der Waals surface area contributed by atoms with Crippen LogP contribution in [0.25, 0.3) is 0 Å². The van der Waals surface area contributed by atoms with Crippen molar-refractivity contribution in [1.29, 1.82) is 0 Å². The summed E-state index contributed by atoms with van der Waals surface area (Å²) in [6.45, 7) is 4.96. The molecule has 0 bridgehead atoms. The number of carbonyl (C=O) groups is 1. The first kappa shape index (κ1) is 16.2. The molecule has 1 aromatic heterocycles. The number of hydrogen-bond donors (Lipinski definition) is 2. The highest BCUT2D eigenvalue weighted by Crippen LogP contribution is 2.29. The van der Waals surface area contributed by atoms with E-state index in [1.807, 2.05) is 13.2 Å². The number of nitrogens with one attached hydrogen (secondary N) is 1. The third-order valence-corrected chi connectivity index (χ3v) is 4.40. The van der Waals surface area contributed by atoms with Crippen LogP contribution >= 0.6 is 15.9 Å². The lowest BCUT2D eigenvalue weighted by atomic mass is 9.79. The van der Waals surface area contributed by atoms with Gasteiger partial charge in [-0.25, -0.2) is 0 Å². The minimum Gasteiger partial charge on any atom is -0.396 e. The number of aliphatic hydroxyl groups excluding tert-OH is 1. The van der Waals surface area contributed by atoms with E-state index >= 15 is 0 Å². The van der Waals surface area contributed by atoms with Gasteiger partial charge in [0.15, 0.2) is 0 Å². The standard InChI is InChI=1S/C14H23BrN2O2/c1-4-14(5-2,6-7-18)10-16-13(19)12-8-11(15)9-17(12)3/h8-9,18H,4-7,10H2,1-3H3,(H,16,19). The number of amides is 1. The summed E-state index contributed by atoms with van der Waals surface area (Å²) in [5.41, 5.74) is 0.629. The van der Waals surface area contributed by atoms with Gasteiger partial charge < -0.3 is 15.0 Å². The van der Waals surface area contributed by atoms with Gasteiger partial charge in [0.25, 0.3) is 5.91 Å². The SMILES string of the molecule is CCC(CC)(CCO)CNC(=O)c1cc(Br)cn1C. The summed E-state index contributed by atoms with van der Waals surface area (Å²) >= 11 is 3.36. The van der Waals surface area contributed by atoms with E-state index in [9.17, 15) is 9.90 Å². The first-order valence-corrected chi connectivity index (χ1v) is 7.48. The first-order chi connectivity index (χ1) is 8.98. The Hall–Kier alpha value is -0.810. The van der Waals surface area contributed by atoms with Crippen LogP contribution in [0.3, 0.4) is 0 Å². The number of nitrogens with zero attached hydrogens (tertiary/aromatic N) is 1. The number of aromatic nitrogens is 1. The molecule has 0 unspecified atom stereocenters. The van der Waals surface area contributed by atoms with Crippen molar-refractivity contribution in [1.82, 2.24) is 9.88 Å². The summed E-state index contributed by atoms with van der Waals surface area (Å²) in [5, 5.41) is 12.2. The number of halogens is 1. The molecule has 0 aliphatic carbocycles. The van der Waals surface area contributed by atoms with E-state index < -0.39 is 0 Å². The Bertz CT molecular complexity index is 425. The second kappa shape index (κ2) is 7.10. The van der Waals surface area contributed by atoms with E-state index in [0.717, 1.165) is 23.7 Å². The smallest absolute Gasteiger partial charge is 0.267 e. The largest absolute Gasteiger partial charge is 0.396 e. The van der Waals surface area contributed by atoms with Crippen molar-refractivity contribution in [3.05, 3.63) is 22.4 Å². The van der Waals surface area contributed by atoms with Gasteiger partial charge in [-0.2, -0.15) is 0 Å². The monoisotopic (exact) mass is 330 g/mol. The molecule has 0 aromatic carbocycles. The molecule has 0 atom stereocenters. The van der Waals surface area contributed by atoms with Crippen LogP contribution in [0, 0.1) is 5.41 Å². The molecule has 19 heavy (non-hydrogen) atoms. The molecule has 1 heterocycles. The maximum atomic E-state index is 12.1. The lowest BCUT2D eigenvalue weighted by Crippen LogP contribution is -2.38. The fraction of sp³-hybridized carbons (Fsp3) is 0.643. The van der Waals surface area contributed by atoms with E-state index in [0.29, 0.717) is 12.2 Å². The minimum absolute atomic E-state index is 0.00714. The van der Waals surface area contributed by atoms with Gasteiger partial charge in [-0.1, -0.05) is 13.8 Å². The average Bonchev–Trinajstić information content (AvgIpc) is 2.73. The van der Waals surface area contributed by atoms with Crippen molar-refractivity contribution in [2.75, 3.05) is 13.2 Å². The van der Waals surface area contributed by atoms with E-state index in [4.69, 9.17) is 0 Å². The van der Waals surface area contributed by atoms with Crippen molar-refractivity contribution < 1.29 is 9.90 Å². The maximum absolute atomic E-state index is 12.1. The Labute approximate surface area is 123 Å². The number of aliphatic hydroxyl groups is 1. The molecule has 1 aromatic rings. The van der Waals surface area contributed by atoms with Crippen LogP contribution in [0.5, 0.6) is 0 Å². The third-order valence-electron chi connectivity index (χ3n) is 3.97. The molecular weight excluding hydrogens is 308 g/mol. The van der Waals surface area contributed by atoms with E-state index in [1.54, 1.807) is 10.6 Å². The summed E-state index contributed by atoms with van der Waals surface area (Å²) in [5.74, 6) is -0.0718. The van der Waals surface area contributed by atoms with Gasteiger partial charge in [0.1, 0.15) is 5.69 Å². The Morgan fingerprint density at radius 3 is 2.53 bits per heavy atom. The van der Waals surface area contributed by atoms with Gasteiger partial charge >= 0.3 is 0 Å². The summed E-state index contributed by atoms with van der Waals surface area (Å²) in [6.07, 6.45) is 4.47. The molecule has 4 nitrogen and oxygen atoms in total. The van der Waals surface area contributed by atoms with Gasteiger partial charge in [0.2, 0.25) is 0 Å². The maximum Gasteiger partial charge on any atom is 0.267 e. The molecule has 0 saturated carbocycles. The van der Waals surface area contributed by atoms with Gasteiger partial charge in [-0.3, -0.25) is 4.79 Å². The highest BCUT2D eigenvalue weighted by atomic mass is 79.9. The molecule has 1 rings (SSSR count). The van der Waals surface area contributed by atoms with Gasteiger partial charge in [-0.05, 0) is 46.7 Å². The minimum atomic E-state index is -0.0718. The van der Waals surface area contributed by atoms with E-state index in [2.05, 4.69) is 35.1 Å². The molecule has 2 N–H and O–H groups in total. The predicted octanol–water partition coefficient (Wildman–Crippen LogP) is 2.71. The zero-order valence-corrected chi connectivity index (χ0v) is 13.5. The fourth-order valence-corrected chi connectivity index (χ4v) is 2.81. The topological polar surface area (TPSA) is 54.3 Å². The Kier molecular flexibility index (Phi) is 6.07. The highest BCUT2D eigenvalue weighted by molar-refractivity contribution is 9.10. The summed E-state index contributed by atoms with van der Waals surface area (Å²) in [7, 11) is 1.85. The number of aryl methyl sites for hydroxylation is 1. The van der Waals surface area contributed by atoms with E-state index in [-0.39, 0.29) is 17.9 Å². The second-order valence-electron chi connectivity index (χ2n) is 5.02. The lowest BCUT2D eigenvalue weighted by Gasteiger charge is -2.31. The quantitative estimate of drug-likeness (QED) is 0.807. The van der Waals surface area contributed by atoms with E-state index in [1.165, 1.54) is 0 Å². The lowest BCUT2D eigenvalue weighted by molar-refractivity contribution is 0.0899. The van der Waals surface area contributed by atoms with Crippen LogP contribution in [0.1, 0.15) is 43.6 Å². The van der Waals surface area contributed by atoms with Crippen LogP contribution in [0.4, 0.5) is 0 Å². The van der Waals surface area contributed by atoms with Crippen LogP contribution in [0.15, 0.2) is 16.7 Å². The molecular formula is C14H23BrN2O2. The van der Waals surface area contributed by atoms with Crippen LogP contribution in [-0.4, -0.2) is 28.7 Å². The molecule has 0 radical (unpaired) electrons. The highest BCUT2D eigenvalue weighted by Gasteiger charge is 2.26. The third kappa shape index (κ3) is 4.08. The molecule has 0 saturated heterocycles. The van der Waals surface area contributed by atoms with Crippen LogP contribution < -0.4 is 5.32 Å². The molecule has 0 aliphatic rings. The van der Waals surface area contributed by atoms with Crippen molar-refractivity contribution in [2.45, 2.75) is 33.1 Å². The number of carbonyl (C=O) groups excluding carboxylic acids is 1. The Balaban J connectivity index is 2.69. The van der Waals surface area contributed by atoms with Crippen LogP contribution in [0.2, 0.25) is 0 Å². The zero-order chi connectivity index (χ0) is 14.5. The zero-order valence-electron chi connectivity index (χ0n) is 11.9. The Morgan fingerprint density at radius 1 is 1.47 bits per heavy atom. The molecule has 0 fully saturated rings. The number of rotatable bonds is 7.